The molecule has 0 fully saturated rings. The highest BCUT2D eigenvalue weighted by Gasteiger charge is 2.03. The van der Waals surface area contributed by atoms with Gasteiger partial charge in [0.25, 0.3) is 0 Å². The van der Waals surface area contributed by atoms with Gasteiger partial charge in [0.05, 0.1) is 12.9 Å². The van der Waals surface area contributed by atoms with Gasteiger partial charge in [0.15, 0.2) is 0 Å². The average Bonchev–Trinajstić information content (AvgIpc) is 2.63. The third-order valence-corrected chi connectivity index (χ3v) is 4.39. The number of ether oxygens (including phenoxy) is 1. The highest BCUT2D eigenvalue weighted by Crippen LogP contribution is 2.12. The third-order valence-electron chi connectivity index (χ3n) is 3.78. The predicted octanol–water partition coefficient (Wildman–Crippen LogP) is 2.97. The van der Waals surface area contributed by atoms with Crippen LogP contribution in [-0.4, -0.2) is 33.7 Å². The van der Waals surface area contributed by atoms with E-state index in [0.29, 0.717) is 31.7 Å². The van der Waals surface area contributed by atoms with Crippen molar-refractivity contribution in [2.24, 2.45) is 0 Å². The first-order chi connectivity index (χ1) is 12.9. The molecule has 2 rings (SSSR count). The lowest BCUT2D eigenvalue weighted by molar-refractivity contribution is -0.121. The summed E-state index contributed by atoms with van der Waals surface area (Å²) in [7, 11) is -3.25. The zero-order valence-electron chi connectivity index (χ0n) is 15.5. The van der Waals surface area contributed by atoms with Gasteiger partial charge in [0.2, 0.25) is 15.9 Å². The van der Waals surface area contributed by atoms with E-state index in [1.807, 2.05) is 42.5 Å². The SMILES string of the molecule is CS(=O)(=O)Nc1ccc(CCCNC(=O)CCCOc2ccccc2)cc1. The van der Waals surface area contributed by atoms with Gasteiger partial charge in [-0.2, -0.15) is 0 Å². The van der Waals surface area contributed by atoms with Crippen molar-refractivity contribution in [3.05, 3.63) is 60.2 Å². The number of para-hydroxylation sites is 1. The molecule has 0 spiro atoms. The van der Waals surface area contributed by atoms with Gasteiger partial charge in [-0.25, -0.2) is 8.42 Å². The van der Waals surface area contributed by atoms with Crippen LogP contribution < -0.4 is 14.8 Å². The first-order valence-corrected chi connectivity index (χ1v) is 10.8. The maximum Gasteiger partial charge on any atom is 0.229 e. The Kier molecular flexibility index (Phi) is 8.13. The average molecular weight is 391 g/mol. The standard InChI is InChI=1S/C20H26N2O4S/c1-27(24,25)22-18-13-11-17(12-14-18)7-5-15-21-20(23)10-6-16-26-19-8-3-2-4-9-19/h2-4,8-9,11-14,22H,5-7,10,15-16H2,1H3,(H,21,23). The van der Waals surface area contributed by atoms with Crippen LogP contribution in [-0.2, 0) is 21.2 Å². The summed E-state index contributed by atoms with van der Waals surface area (Å²) in [4.78, 5) is 11.8. The summed E-state index contributed by atoms with van der Waals surface area (Å²) in [5.41, 5.74) is 1.65. The summed E-state index contributed by atoms with van der Waals surface area (Å²) < 4.78 is 30.3. The minimum atomic E-state index is -3.25. The van der Waals surface area contributed by atoms with E-state index >= 15 is 0 Å². The highest BCUT2D eigenvalue weighted by atomic mass is 32.2. The molecule has 0 aromatic heterocycles. The number of amides is 1. The molecule has 0 aliphatic heterocycles. The van der Waals surface area contributed by atoms with Gasteiger partial charge in [0.1, 0.15) is 5.75 Å². The van der Waals surface area contributed by atoms with Crippen LogP contribution in [0.4, 0.5) is 5.69 Å². The van der Waals surface area contributed by atoms with Gasteiger partial charge in [-0.05, 0) is 49.1 Å². The molecule has 0 unspecified atom stereocenters. The summed E-state index contributed by atoms with van der Waals surface area (Å²) in [6.07, 6.45) is 3.88. The zero-order valence-corrected chi connectivity index (χ0v) is 16.3. The number of carbonyl (C=O) groups is 1. The number of hydrogen-bond acceptors (Lipinski definition) is 4. The van der Waals surface area contributed by atoms with E-state index in [9.17, 15) is 13.2 Å². The molecule has 146 valence electrons. The first kappa shape index (κ1) is 20.8. The van der Waals surface area contributed by atoms with Crippen molar-refractivity contribution in [3.63, 3.8) is 0 Å². The molecule has 6 nitrogen and oxygen atoms in total. The fraction of sp³-hybridized carbons (Fsp3) is 0.350. The van der Waals surface area contributed by atoms with Crippen LogP contribution in [0.3, 0.4) is 0 Å². The molecule has 7 heteroatoms. The van der Waals surface area contributed by atoms with Crippen molar-refractivity contribution in [3.8, 4) is 5.75 Å². The molecule has 2 N–H and O–H groups in total. The van der Waals surface area contributed by atoms with Crippen LogP contribution in [0, 0.1) is 0 Å². The van der Waals surface area contributed by atoms with Gasteiger partial charge in [0, 0.05) is 18.7 Å². The monoisotopic (exact) mass is 390 g/mol. The predicted molar refractivity (Wildman–Crippen MR) is 107 cm³/mol. The second kappa shape index (κ2) is 10.6. The molecule has 0 saturated heterocycles. The Labute approximate surface area is 161 Å². The molecule has 2 aromatic carbocycles. The van der Waals surface area contributed by atoms with Crippen LogP contribution in [0.2, 0.25) is 0 Å². The van der Waals surface area contributed by atoms with E-state index < -0.39 is 10.0 Å². The Hall–Kier alpha value is -2.54. The number of nitrogens with one attached hydrogen (secondary N) is 2. The van der Waals surface area contributed by atoms with Crippen LogP contribution >= 0.6 is 0 Å². The summed E-state index contributed by atoms with van der Waals surface area (Å²) in [6, 6.07) is 16.8. The fourth-order valence-electron chi connectivity index (χ4n) is 2.50. The van der Waals surface area contributed by atoms with Crippen molar-refractivity contribution >= 4 is 21.6 Å². The molecule has 0 radical (unpaired) electrons. The Morgan fingerprint density at radius 3 is 2.37 bits per heavy atom. The highest BCUT2D eigenvalue weighted by molar-refractivity contribution is 7.92. The Morgan fingerprint density at radius 1 is 1.00 bits per heavy atom. The van der Waals surface area contributed by atoms with E-state index in [-0.39, 0.29) is 5.91 Å². The molecule has 0 saturated carbocycles. The second-order valence-corrected chi connectivity index (χ2v) is 8.04. The van der Waals surface area contributed by atoms with Crippen LogP contribution in [0.15, 0.2) is 54.6 Å². The number of sulfonamides is 1. The van der Waals surface area contributed by atoms with Crippen molar-refractivity contribution in [1.82, 2.24) is 5.32 Å². The molecule has 2 aromatic rings. The number of benzene rings is 2. The van der Waals surface area contributed by atoms with Gasteiger partial charge in [-0.15, -0.1) is 0 Å². The fourth-order valence-corrected chi connectivity index (χ4v) is 3.07. The lowest BCUT2D eigenvalue weighted by atomic mass is 10.1. The number of rotatable bonds is 11. The van der Waals surface area contributed by atoms with Gasteiger partial charge >= 0.3 is 0 Å². The van der Waals surface area contributed by atoms with Crippen molar-refractivity contribution in [2.45, 2.75) is 25.7 Å². The van der Waals surface area contributed by atoms with E-state index in [1.54, 1.807) is 12.1 Å². The molecular formula is C20H26N2O4S. The Morgan fingerprint density at radius 2 is 1.70 bits per heavy atom. The topological polar surface area (TPSA) is 84.5 Å². The molecule has 0 heterocycles. The molecule has 0 aliphatic carbocycles. The second-order valence-electron chi connectivity index (χ2n) is 6.29. The maximum atomic E-state index is 11.8. The van der Waals surface area contributed by atoms with Gasteiger partial charge in [-0.1, -0.05) is 30.3 Å². The number of carbonyl (C=O) groups excluding carboxylic acids is 1. The number of anilines is 1. The van der Waals surface area contributed by atoms with Crippen LogP contribution in [0.5, 0.6) is 5.75 Å². The minimum absolute atomic E-state index is 0.0272. The van der Waals surface area contributed by atoms with Crippen LogP contribution in [0.1, 0.15) is 24.8 Å². The third kappa shape index (κ3) is 9.10. The minimum Gasteiger partial charge on any atom is -0.494 e. The van der Waals surface area contributed by atoms with E-state index in [1.165, 1.54) is 0 Å². The molecule has 27 heavy (non-hydrogen) atoms. The van der Waals surface area contributed by atoms with E-state index in [4.69, 9.17) is 4.74 Å². The van der Waals surface area contributed by atoms with Crippen molar-refractivity contribution in [1.29, 1.82) is 0 Å². The largest absolute Gasteiger partial charge is 0.494 e. The molecule has 0 aliphatic rings. The summed E-state index contributed by atoms with van der Waals surface area (Å²) in [6.45, 7) is 1.13. The van der Waals surface area contributed by atoms with Crippen LogP contribution in [0.25, 0.3) is 0 Å². The Balaban J connectivity index is 1.56. The first-order valence-electron chi connectivity index (χ1n) is 8.94. The van der Waals surface area contributed by atoms with Gasteiger partial charge in [-0.3, -0.25) is 9.52 Å². The quantitative estimate of drug-likeness (QED) is 0.578. The van der Waals surface area contributed by atoms with Crippen molar-refractivity contribution in [2.75, 3.05) is 24.1 Å². The Bertz CT molecular complexity index is 806. The summed E-state index contributed by atoms with van der Waals surface area (Å²) >= 11 is 0. The summed E-state index contributed by atoms with van der Waals surface area (Å²) in [5, 5.41) is 2.91. The number of hydrogen-bond donors (Lipinski definition) is 2. The van der Waals surface area contributed by atoms with E-state index in [0.717, 1.165) is 30.4 Å². The maximum absolute atomic E-state index is 11.8. The molecule has 0 atom stereocenters. The molecular weight excluding hydrogens is 364 g/mol. The van der Waals surface area contributed by atoms with E-state index in [2.05, 4.69) is 10.0 Å². The zero-order chi connectivity index (χ0) is 19.5. The smallest absolute Gasteiger partial charge is 0.229 e. The van der Waals surface area contributed by atoms with Crippen molar-refractivity contribution < 1.29 is 17.9 Å². The number of aryl methyl sites for hydroxylation is 1. The molecule has 0 bridgehead atoms. The molecule has 1 amide bonds. The summed E-state index contributed by atoms with van der Waals surface area (Å²) in [5.74, 6) is 0.843. The normalized spacial score (nSPS) is 11.0. The van der Waals surface area contributed by atoms with Gasteiger partial charge < -0.3 is 10.1 Å². The lowest BCUT2D eigenvalue weighted by Crippen LogP contribution is -2.24. The lowest BCUT2D eigenvalue weighted by Gasteiger charge is -2.08.